The molecule has 1 amide bonds. The summed E-state index contributed by atoms with van der Waals surface area (Å²) >= 11 is 0. The number of nitrogens with one attached hydrogen (secondary N) is 2. The monoisotopic (exact) mass is 311 g/mol. The van der Waals surface area contributed by atoms with Crippen molar-refractivity contribution < 1.29 is 9.53 Å². The number of nitrogens with zero attached hydrogens (tertiary/aromatic N) is 1. The molecule has 2 heterocycles. The first kappa shape index (κ1) is 15.5. The number of benzene rings is 1. The van der Waals surface area contributed by atoms with Crippen LogP contribution in [-0.2, 0) is 11.2 Å². The fourth-order valence-electron chi connectivity index (χ4n) is 2.80. The molecular formula is C18H21N3O2. The van der Waals surface area contributed by atoms with Gasteiger partial charge in [0.25, 0.3) is 5.91 Å². The van der Waals surface area contributed by atoms with Gasteiger partial charge >= 0.3 is 0 Å². The molecule has 0 fully saturated rings. The third kappa shape index (κ3) is 3.87. The molecule has 2 N–H and O–H groups in total. The molecule has 3 rings (SSSR count). The maximum atomic E-state index is 12.2. The average Bonchev–Trinajstić information content (AvgIpc) is 2.60. The molecule has 23 heavy (non-hydrogen) atoms. The normalized spacial score (nSPS) is 17.9. The molecule has 1 aromatic heterocycles. The summed E-state index contributed by atoms with van der Waals surface area (Å²) in [6.45, 7) is 3.22. The first-order valence-electron chi connectivity index (χ1n) is 7.89. The predicted molar refractivity (Wildman–Crippen MR) is 88.2 cm³/mol. The molecule has 0 saturated heterocycles. The van der Waals surface area contributed by atoms with Gasteiger partial charge in [-0.25, -0.2) is 0 Å². The van der Waals surface area contributed by atoms with Crippen molar-refractivity contribution >= 4 is 5.91 Å². The van der Waals surface area contributed by atoms with E-state index in [4.69, 9.17) is 4.74 Å². The van der Waals surface area contributed by atoms with E-state index in [-0.39, 0.29) is 11.9 Å². The summed E-state index contributed by atoms with van der Waals surface area (Å²) in [4.78, 5) is 16.2. The van der Waals surface area contributed by atoms with Gasteiger partial charge in [-0.1, -0.05) is 24.3 Å². The van der Waals surface area contributed by atoms with Crippen molar-refractivity contribution in [3.8, 4) is 5.75 Å². The van der Waals surface area contributed by atoms with Gasteiger partial charge in [-0.05, 0) is 43.1 Å². The first-order chi connectivity index (χ1) is 11.2. The van der Waals surface area contributed by atoms with Crippen molar-refractivity contribution in [3.63, 3.8) is 0 Å². The summed E-state index contributed by atoms with van der Waals surface area (Å²) in [5.74, 6) is 0.468. The zero-order chi connectivity index (χ0) is 16.1. The van der Waals surface area contributed by atoms with Gasteiger partial charge < -0.3 is 15.4 Å². The molecule has 2 aromatic rings. The van der Waals surface area contributed by atoms with E-state index in [0.717, 1.165) is 13.0 Å². The van der Waals surface area contributed by atoms with Crippen molar-refractivity contribution in [3.05, 3.63) is 59.9 Å². The van der Waals surface area contributed by atoms with Crippen LogP contribution in [0.2, 0.25) is 0 Å². The highest BCUT2D eigenvalue weighted by atomic mass is 16.5. The summed E-state index contributed by atoms with van der Waals surface area (Å²) in [5.41, 5.74) is 2.62. The van der Waals surface area contributed by atoms with E-state index in [0.29, 0.717) is 12.3 Å². The molecule has 5 heteroatoms. The Morgan fingerprint density at radius 2 is 2.26 bits per heavy atom. The molecule has 1 aliphatic rings. The van der Waals surface area contributed by atoms with Crippen LogP contribution < -0.4 is 15.4 Å². The van der Waals surface area contributed by atoms with Crippen molar-refractivity contribution in [2.45, 2.75) is 25.5 Å². The third-order valence-electron chi connectivity index (χ3n) is 4.01. The van der Waals surface area contributed by atoms with E-state index in [2.05, 4.69) is 33.8 Å². The highest BCUT2D eigenvalue weighted by molar-refractivity contribution is 5.80. The Morgan fingerprint density at radius 3 is 3.09 bits per heavy atom. The number of hydrogen-bond donors (Lipinski definition) is 2. The molecule has 0 saturated carbocycles. The molecule has 1 aromatic carbocycles. The number of carbonyl (C=O) groups excluding carboxylic acids is 1. The van der Waals surface area contributed by atoms with E-state index in [1.54, 1.807) is 31.5 Å². The summed E-state index contributed by atoms with van der Waals surface area (Å²) < 4.78 is 5.59. The fourth-order valence-corrected chi connectivity index (χ4v) is 2.80. The van der Waals surface area contributed by atoms with Crippen LogP contribution in [0.25, 0.3) is 0 Å². The highest BCUT2D eigenvalue weighted by Crippen LogP contribution is 2.21. The lowest BCUT2D eigenvalue weighted by atomic mass is 9.94. The third-order valence-corrected chi connectivity index (χ3v) is 4.01. The van der Waals surface area contributed by atoms with E-state index >= 15 is 0 Å². The van der Waals surface area contributed by atoms with E-state index in [1.165, 1.54) is 11.1 Å². The molecule has 1 aliphatic heterocycles. The van der Waals surface area contributed by atoms with Gasteiger partial charge in [0.05, 0.1) is 6.20 Å². The number of ether oxygens (including phenoxy) is 1. The Balaban J connectivity index is 1.55. The molecule has 0 spiro atoms. The number of aromatic nitrogens is 1. The smallest absolute Gasteiger partial charge is 0.260 e. The Hall–Kier alpha value is -2.40. The van der Waals surface area contributed by atoms with Crippen LogP contribution in [0.1, 0.15) is 24.1 Å². The zero-order valence-electron chi connectivity index (χ0n) is 13.2. The topological polar surface area (TPSA) is 63.2 Å². The zero-order valence-corrected chi connectivity index (χ0v) is 13.2. The number of amides is 1. The molecule has 0 radical (unpaired) electrons. The lowest BCUT2D eigenvalue weighted by Crippen LogP contribution is -2.43. The largest absolute Gasteiger partial charge is 0.479 e. The minimum Gasteiger partial charge on any atom is -0.479 e. The average molecular weight is 311 g/mol. The lowest BCUT2D eigenvalue weighted by Gasteiger charge is -2.27. The summed E-state index contributed by atoms with van der Waals surface area (Å²) in [7, 11) is 0. The minimum absolute atomic E-state index is 0.126. The van der Waals surface area contributed by atoms with Crippen LogP contribution >= 0.6 is 0 Å². The molecule has 5 nitrogen and oxygen atoms in total. The van der Waals surface area contributed by atoms with E-state index in [9.17, 15) is 4.79 Å². The van der Waals surface area contributed by atoms with Gasteiger partial charge in [-0.15, -0.1) is 0 Å². The Kier molecular flexibility index (Phi) is 4.88. The van der Waals surface area contributed by atoms with Gasteiger partial charge in [0, 0.05) is 18.8 Å². The fraction of sp³-hybridized carbons (Fsp3) is 0.333. The van der Waals surface area contributed by atoms with Gasteiger partial charge in [0.2, 0.25) is 0 Å². The van der Waals surface area contributed by atoms with Crippen molar-refractivity contribution in [2.75, 3.05) is 13.1 Å². The molecule has 0 aliphatic carbocycles. The standard InChI is InChI=1S/C18H21N3O2/c1-13(23-15-6-4-9-19-11-15)18(22)21-12-17-16-7-3-2-5-14(16)8-10-20-17/h2-7,9,11,13,17,20H,8,10,12H2,1H3,(H,21,22). The van der Waals surface area contributed by atoms with Gasteiger partial charge in [0.1, 0.15) is 5.75 Å². The predicted octanol–water partition coefficient (Wildman–Crippen LogP) is 1.85. The number of pyridine rings is 1. The van der Waals surface area contributed by atoms with Crippen molar-refractivity contribution in [1.29, 1.82) is 0 Å². The Labute approximate surface area is 136 Å². The van der Waals surface area contributed by atoms with Crippen LogP contribution in [0.3, 0.4) is 0 Å². The highest BCUT2D eigenvalue weighted by Gasteiger charge is 2.21. The maximum absolute atomic E-state index is 12.2. The molecule has 2 atom stereocenters. The SMILES string of the molecule is CC(Oc1cccnc1)C(=O)NCC1NCCc2ccccc21. The van der Waals surface area contributed by atoms with Crippen LogP contribution in [0, 0.1) is 0 Å². The molecule has 2 unspecified atom stereocenters. The number of hydrogen-bond acceptors (Lipinski definition) is 4. The minimum atomic E-state index is -0.557. The second-order valence-electron chi connectivity index (χ2n) is 5.65. The van der Waals surface area contributed by atoms with Crippen LogP contribution in [-0.4, -0.2) is 30.1 Å². The maximum Gasteiger partial charge on any atom is 0.260 e. The Bertz CT molecular complexity index is 660. The van der Waals surface area contributed by atoms with Crippen LogP contribution in [0.15, 0.2) is 48.8 Å². The second kappa shape index (κ2) is 7.24. The van der Waals surface area contributed by atoms with E-state index < -0.39 is 6.10 Å². The summed E-state index contributed by atoms with van der Waals surface area (Å²) in [6, 6.07) is 12.1. The quantitative estimate of drug-likeness (QED) is 0.884. The van der Waals surface area contributed by atoms with E-state index in [1.807, 2.05) is 6.07 Å². The molecule has 120 valence electrons. The molecular weight excluding hydrogens is 290 g/mol. The van der Waals surface area contributed by atoms with Crippen molar-refractivity contribution in [2.24, 2.45) is 0 Å². The Morgan fingerprint density at radius 1 is 1.39 bits per heavy atom. The van der Waals surface area contributed by atoms with Gasteiger partial charge in [-0.2, -0.15) is 0 Å². The summed E-state index contributed by atoms with van der Waals surface area (Å²) in [6.07, 6.45) is 3.74. The first-order valence-corrected chi connectivity index (χ1v) is 7.89. The lowest BCUT2D eigenvalue weighted by molar-refractivity contribution is -0.127. The number of rotatable bonds is 5. The second-order valence-corrected chi connectivity index (χ2v) is 5.65. The van der Waals surface area contributed by atoms with Gasteiger partial charge in [-0.3, -0.25) is 9.78 Å². The molecule has 0 bridgehead atoms. The van der Waals surface area contributed by atoms with Crippen molar-refractivity contribution in [1.82, 2.24) is 15.6 Å². The van der Waals surface area contributed by atoms with Gasteiger partial charge in [0.15, 0.2) is 6.10 Å². The van der Waals surface area contributed by atoms with Crippen LogP contribution in [0.5, 0.6) is 5.75 Å². The van der Waals surface area contributed by atoms with Crippen LogP contribution in [0.4, 0.5) is 0 Å². The summed E-state index contributed by atoms with van der Waals surface area (Å²) in [5, 5.41) is 6.42. The number of carbonyl (C=O) groups is 1. The number of fused-ring (bicyclic) bond motifs is 1.